The molecule has 31 heavy (non-hydrogen) atoms. The molecule has 5 rings (SSSR count). The minimum atomic E-state index is -2.56. The van der Waals surface area contributed by atoms with E-state index in [2.05, 4.69) is 60.1 Å². The van der Waals surface area contributed by atoms with Crippen molar-refractivity contribution in [2.75, 3.05) is 21.8 Å². The van der Waals surface area contributed by atoms with Crippen molar-refractivity contribution in [1.82, 2.24) is 4.98 Å². The van der Waals surface area contributed by atoms with Crippen molar-refractivity contribution < 1.29 is 0 Å². The number of benzene rings is 2. The van der Waals surface area contributed by atoms with Gasteiger partial charge in [0.1, 0.15) is 5.82 Å². The SMILES string of the molecule is CN1/C(=C2/C=NN(c3ccccc3)P2(=S)Nc2ccccn2)C(C)(C)c2ccccc21. The molecule has 3 aromatic rings. The van der Waals surface area contributed by atoms with Crippen molar-refractivity contribution in [3.8, 4) is 0 Å². The fourth-order valence-corrected chi connectivity index (χ4v) is 8.04. The van der Waals surface area contributed by atoms with Crippen LogP contribution in [0.15, 0.2) is 95.1 Å². The van der Waals surface area contributed by atoms with E-state index < -0.39 is 6.34 Å². The third kappa shape index (κ3) is 3.10. The summed E-state index contributed by atoms with van der Waals surface area (Å²) in [7, 11) is 2.12. The highest BCUT2D eigenvalue weighted by atomic mass is 32.4. The highest BCUT2D eigenvalue weighted by Gasteiger charge is 2.46. The van der Waals surface area contributed by atoms with Gasteiger partial charge >= 0.3 is 0 Å². The largest absolute Gasteiger partial charge is 0.346 e. The Morgan fingerprint density at radius 3 is 2.35 bits per heavy atom. The summed E-state index contributed by atoms with van der Waals surface area (Å²) < 4.78 is 1.98. The number of para-hydroxylation sites is 2. The number of hydrogen-bond donors (Lipinski definition) is 1. The molecule has 1 aromatic heterocycles. The first-order chi connectivity index (χ1) is 14.9. The Morgan fingerprint density at radius 1 is 0.935 bits per heavy atom. The van der Waals surface area contributed by atoms with Crippen LogP contribution in [0, 0.1) is 0 Å². The third-order valence-electron chi connectivity index (χ3n) is 5.91. The molecule has 1 atom stereocenters. The summed E-state index contributed by atoms with van der Waals surface area (Å²) in [6.45, 7) is 4.52. The minimum absolute atomic E-state index is 0.199. The van der Waals surface area contributed by atoms with E-state index in [0.717, 1.165) is 16.8 Å². The van der Waals surface area contributed by atoms with Crippen molar-refractivity contribution in [2.45, 2.75) is 19.3 Å². The summed E-state index contributed by atoms with van der Waals surface area (Å²) in [5, 5.41) is 9.49. The number of hydrogen-bond acceptors (Lipinski definition) is 4. The van der Waals surface area contributed by atoms with Crippen molar-refractivity contribution in [3.05, 3.63) is 95.6 Å². The maximum absolute atomic E-state index is 6.45. The molecule has 0 saturated heterocycles. The molecular formula is C24H24N5PS. The van der Waals surface area contributed by atoms with Gasteiger partial charge in [-0.25, -0.2) is 9.76 Å². The van der Waals surface area contributed by atoms with Gasteiger partial charge in [0.25, 0.3) is 0 Å². The molecule has 2 aromatic carbocycles. The number of rotatable bonds is 3. The number of allylic oxidation sites excluding steroid dienone is 2. The first-order valence-corrected chi connectivity index (χ1v) is 13.0. The fraction of sp³-hybridized carbons (Fsp3) is 0.167. The van der Waals surface area contributed by atoms with Crippen LogP contribution < -0.4 is 14.8 Å². The number of hydrazone groups is 1. The van der Waals surface area contributed by atoms with E-state index in [0.29, 0.717) is 0 Å². The molecule has 1 N–H and O–H groups in total. The maximum Gasteiger partial charge on any atom is 0.175 e. The van der Waals surface area contributed by atoms with Gasteiger partial charge in [-0.2, -0.15) is 5.10 Å². The fourth-order valence-electron chi connectivity index (χ4n) is 4.50. The van der Waals surface area contributed by atoms with Crippen LogP contribution in [-0.2, 0) is 17.2 Å². The minimum Gasteiger partial charge on any atom is -0.346 e. The number of nitrogens with one attached hydrogen (secondary N) is 1. The highest BCUT2D eigenvalue weighted by Crippen LogP contribution is 2.64. The molecule has 156 valence electrons. The molecule has 0 saturated carbocycles. The number of aromatic nitrogens is 1. The molecule has 0 bridgehead atoms. The van der Waals surface area contributed by atoms with Gasteiger partial charge in [0, 0.05) is 30.0 Å². The number of pyridine rings is 1. The second kappa shape index (κ2) is 7.33. The van der Waals surface area contributed by atoms with E-state index in [9.17, 15) is 0 Å². The molecule has 2 aliphatic heterocycles. The van der Waals surface area contributed by atoms with Crippen LogP contribution >= 0.6 is 6.34 Å². The second-order valence-electron chi connectivity index (χ2n) is 8.21. The van der Waals surface area contributed by atoms with Crippen molar-refractivity contribution >= 4 is 41.6 Å². The van der Waals surface area contributed by atoms with Gasteiger partial charge in [0.05, 0.1) is 17.2 Å². The lowest BCUT2D eigenvalue weighted by Crippen LogP contribution is -2.26. The Kier molecular flexibility index (Phi) is 4.72. The van der Waals surface area contributed by atoms with Crippen LogP contribution in [0.5, 0.6) is 0 Å². The Balaban J connectivity index is 1.71. The summed E-state index contributed by atoms with van der Waals surface area (Å²) in [6.07, 6.45) is 1.17. The molecule has 3 heterocycles. The van der Waals surface area contributed by atoms with Crippen molar-refractivity contribution in [2.24, 2.45) is 5.10 Å². The molecule has 0 radical (unpaired) electrons. The van der Waals surface area contributed by atoms with Crippen molar-refractivity contribution in [3.63, 3.8) is 0 Å². The number of nitrogens with zero attached hydrogens (tertiary/aromatic N) is 4. The normalized spacial score (nSPS) is 23.8. The lowest BCUT2D eigenvalue weighted by Gasteiger charge is -2.33. The molecule has 2 aliphatic rings. The summed E-state index contributed by atoms with van der Waals surface area (Å²) in [4.78, 5) is 6.77. The average Bonchev–Trinajstić information content (AvgIpc) is 3.20. The molecular weight excluding hydrogens is 421 g/mol. The Bertz CT molecular complexity index is 1240. The average molecular weight is 446 g/mol. The summed E-state index contributed by atoms with van der Waals surface area (Å²) in [5.74, 6) is 0.756. The van der Waals surface area contributed by atoms with E-state index in [1.54, 1.807) is 6.20 Å². The van der Waals surface area contributed by atoms with E-state index in [-0.39, 0.29) is 5.41 Å². The molecule has 0 spiro atoms. The van der Waals surface area contributed by atoms with Gasteiger partial charge in [-0.15, -0.1) is 0 Å². The third-order valence-corrected chi connectivity index (χ3v) is 9.62. The van der Waals surface area contributed by atoms with E-state index in [1.165, 1.54) is 16.9 Å². The zero-order valence-electron chi connectivity index (χ0n) is 17.7. The van der Waals surface area contributed by atoms with E-state index in [1.807, 2.05) is 59.5 Å². The smallest absolute Gasteiger partial charge is 0.175 e. The monoisotopic (exact) mass is 445 g/mol. The summed E-state index contributed by atoms with van der Waals surface area (Å²) >= 11 is 6.45. The van der Waals surface area contributed by atoms with Crippen LogP contribution in [0.1, 0.15) is 19.4 Å². The van der Waals surface area contributed by atoms with E-state index >= 15 is 0 Å². The van der Waals surface area contributed by atoms with Gasteiger partial charge in [0.2, 0.25) is 0 Å². The Labute approximate surface area is 188 Å². The molecule has 0 aliphatic carbocycles. The summed E-state index contributed by atoms with van der Waals surface area (Å²) in [6, 6.07) is 24.5. The van der Waals surface area contributed by atoms with Crippen LogP contribution in [0.2, 0.25) is 0 Å². The molecule has 1 unspecified atom stereocenters. The first kappa shape index (κ1) is 20.0. The summed E-state index contributed by atoms with van der Waals surface area (Å²) in [5.41, 5.74) is 4.46. The van der Waals surface area contributed by atoms with Gasteiger partial charge < -0.3 is 9.99 Å². The second-order valence-corrected chi connectivity index (χ2v) is 12.0. The first-order valence-electron chi connectivity index (χ1n) is 10.2. The molecule has 7 heteroatoms. The Hall–Kier alpha value is -2.95. The quantitative estimate of drug-likeness (QED) is 0.505. The van der Waals surface area contributed by atoms with Gasteiger partial charge in [-0.1, -0.05) is 56.3 Å². The zero-order chi connectivity index (χ0) is 21.6. The maximum atomic E-state index is 6.45. The zero-order valence-corrected chi connectivity index (χ0v) is 19.4. The van der Waals surface area contributed by atoms with Crippen LogP contribution in [0.25, 0.3) is 0 Å². The molecule has 5 nitrogen and oxygen atoms in total. The lowest BCUT2D eigenvalue weighted by atomic mass is 9.84. The standard InChI is InChI=1S/C24H24N5PS/c1-24(2)19-13-7-8-14-20(19)28(3)23(24)21-17-26-29(18-11-5-4-6-12-18)30(21,31)27-22-15-9-10-16-25-22/h4-17H,1-3H3,(H,25,27,31)/b23-21-. The van der Waals surface area contributed by atoms with E-state index in [4.69, 9.17) is 16.9 Å². The van der Waals surface area contributed by atoms with Crippen LogP contribution in [0.3, 0.4) is 0 Å². The number of fused-ring (bicyclic) bond motifs is 1. The van der Waals surface area contributed by atoms with Crippen LogP contribution in [0.4, 0.5) is 17.2 Å². The highest BCUT2D eigenvalue weighted by molar-refractivity contribution is 8.18. The van der Waals surface area contributed by atoms with Gasteiger partial charge in [0.15, 0.2) is 6.34 Å². The lowest BCUT2D eigenvalue weighted by molar-refractivity contribution is 0.640. The Morgan fingerprint density at radius 2 is 1.65 bits per heavy atom. The van der Waals surface area contributed by atoms with Crippen molar-refractivity contribution in [1.29, 1.82) is 0 Å². The van der Waals surface area contributed by atoms with Crippen LogP contribution in [-0.4, -0.2) is 18.2 Å². The van der Waals surface area contributed by atoms with Gasteiger partial charge in [-0.05, 0) is 47.7 Å². The predicted octanol–water partition coefficient (Wildman–Crippen LogP) is 5.95. The molecule has 0 fully saturated rings. The molecule has 0 amide bonds. The van der Waals surface area contributed by atoms with Gasteiger partial charge in [-0.3, -0.25) is 0 Å². The topological polar surface area (TPSA) is 43.8 Å². The predicted molar refractivity (Wildman–Crippen MR) is 134 cm³/mol. The number of anilines is 3. The number of likely N-dealkylation sites (N-methyl/N-ethyl adjacent to an activating group) is 1.